The van der Waals surface area contributed by atoms with Crippen LogP contribution >= 0.6 is 0 Å². The Labute approximate surface area is 111 Å². The summed E-state index contributed by atoms with van der Waals surface area (Å²) in [5, 5.41) is 18.7. The number of nitrogens with zero attached hydrogens (tertiary/aromatic N) is 2. The molecule has 1 fully saturated rings. The van der Waals surface area contributed by atoms with Gasteiger partial charge < -0.3 is 15.3 Å². The third-order valence-electron chi connectivity index (χ3n) is 3.28. The Hall–Kier alpha value is -1.89. The summed E-state index contributed by atoms with van der Waals surface area (Å²) in [5.41, 5.74) is 1.18. The minimum atomic E-state index is -0.202. The number of hydrogen-bond acceptors (Lipinski definition) is 4. The predicted molar refractivity (Wildman–Crippen MR) is 67.4 cm³/mol. The number of likely N-dealkylation sites (tertiary alicyclic amines) is 1. The van der Waals surface area contributed by atoms with Crippen LogP contribution in [0.3, 0.4) is 0 Å². The van der Waals surface area contributed by atoms with E-state index in [2.05, 4.69) is 15.5 Å². The molecule has 1 saturated heterocycles. The van der Waals surface area contributed by atoms with Crippen LogP contribution in [0.2, 0.25) is 0 Å². The lowest BCUT2D eigenvalue weighted by molar-refractivity contribution is -0.119. The monoisotopic (exact) mass is 266 g/mol. The zero-order valence-corrected chi connectivity index (χ0v) is 11.0. The molecule has 2 rings (SSSR count). The van der Waals surface area contributed by atoms with E-state index in [9.17, 15) is 14.7 Å². The first kappa shape index (κ1) is 13.5. The number of aliphatic hydroxyl groups excluding tert-OH is 1. The molecule has 1 aromatic heterocycles. The van der Waals surface area contributed by atoms with E-state index in [0.29, 0.717) is 18.8 Å². The molecule has 2 heterocycles. The fraction of sp³-hybridized carbons (Fsp3) is 0.583. The molecule has 0 bridgehead atoms. The van der Waals surface area contributed by atoms with Gasteiger partial charge >= 0.3 is 0 Å². The van der Waals surface area contributed by atoms with E-state index < -0.39 is 0 Å². The molecule has 0 aliphatic carbocycles. The second-order valence-electron chi connectivity index (χ2n) is 4.90. The number of rotatable bonds is 3. The average Bonchev–Trinajstić information content (AvgIpc) is 2.94. The van der Waals surface area contributed by atoms with Crippen LogP contribution in [-0.4, -0.2) is 57.8 Å². The molecule has 104 valence electrons. The lowest BCUT2D eigenvalue weighted by Crippen LogP contribution is -2.40. The third kappa shape index (κ3) is 2.93. The quantitative estimate of drug-likeness (QED) is 0.673. The van der Waals surface area contributed by atoms with Crippen molar-refractivity contribution in [1.82, 2.24) is 20.4 Å². The van der Waals surface area contributed by atoms with Crippen LogP contribution in [0, 0.1) is 12.8 Å². The minimum Gasteiger partial charge on any atom is -0.396 e. The topological polar surface area (TPSA) is 98.3 Å². The lowest BCUT2D eigenvalue weighted by atomic mass is 10.1. The average molecular weight is 266 g/mol. The predicted octanol–water partition coefficient (Wildman–Crippen LogP) is -0.713. The Morgan fingerprint density at radius 3 is 2.84 bits per heavy atom. The Kier molecular flexibility index (Phi) is 3.84. The molecule has 2 atom stereocenters. The maximum Gasteiger partial charge on any atom is 0.274 e. The highest BCUT2D eigenvalue weighted by atomic mass is 16.3. The molecule has 0 radical (unpaired) electrons. The number of aliphatic hydroxyl groups is 1. The molecule has 0 aromatic carbocycles. The van der Waals surface area contributed by atoms with Gasteiger partial charge in [0.2, 0.25) is 5.91 Å². The summed E-state index contributed by atoms with van der Waals surface area (Å²) in [7, 11) is 0. The Morgan fingerprint density at radius 1 is 1.58 bits per heavy atom. The first-order valence-corrected chi connectivity index (χ1v) is 6.20. The van der Waals surface area contributed by atoms with Gasteiger partial charge in [-0.2, -0.15) is 5.10 Å². The highest BCUT2D eigenvalue weighted by Gasteiger charge is 2.36. The summed E-state index contributed by atoms with van der Waals surface area (Å²) in [4.78, 5) is 24.9. The Bertz CT molecular complexity index is 485. The molecule has 1 aliphatic heterocycles. The van der Waals surface area contributed by atoms with Gasteiger partial charge in [-0.3, -0.25) is 14.7 Å². The Morgan fingerprint density at radius 2 is 2.32 bits per heavy atom. The smallest absolute Gasteiger partial charge is 0.274 e. The summed E-state index contributed by atoms with van der Waals surface area (Å²) in [6, 6.07) is 1.48. The van der Waals surface area contributed by atoms with E-state index in [1.165, 1.54) is 6.92 Å². The van der Waals surface area contributed by atoms with Crippen molar-refractivity contribution >= 4 is 11.8 Å². The molecular weight excluding hydrogens is 248 g/mol. The van der Waals surface area contributed by atoms with Crippen molar-refractivity contribution in [3.05, 3.63) is 17.5 Å². The van der Waals surface area contributed by atoms with Gasteiger partial charge in [0, 0.05) is 38.2 Å². The van der Waals surface area contributed by atoms with Gasteiger partial charge in [-0.25, -0.2) is 0 Å². The van der Waals surface area contributed by atoms with Crippen LogP contribution in [0.25, 0.3) is 0 Å². The molecular formula is C12H18N4O3. The molecule has 7 heteroatoms. The van der Waals surface area contributed by atoms with Gasteiger partial charge in [0.25, 0.3) is 5.91 Å². The SMILES string of the molecule is CC(=O)N[C@@H]1CN(C(=O)c2cc(C)[nH]n2)C[C@H]1CO. The van der Waals surface area contributed by atoms with Gasteiger partial charge in [-0.1, -0.05) is 0 Å². The van der Waals surface area contributed by atoms with Crippen molar-refractivity contribution in [2.45, 2.75) is 19.9 Å². The van der Waals surface area contributed by atoms with E-state index in [0.717, 1.165) is 5.69 Å². The van der Waals surface area contributed by atoms with Gasteiger partial charge in [-0.15, -0.1) is 0 Å². The van der Waals surface area contributed by atoms with Crippen LogP contribution < -0.4 is 5.32 Å². The second kappa shape index (κ2) is 5.40. The number of H-pyrrole nitrogens is 1. The maximum absolute atomic E-state index is 12.2. The van der Waals surface area contributed by atoms with Crippen LogP contribution in [0.5, 0.6) is 0 Å². The molecule has 1 aromatic rings. The number of carbonyl (C=O) groups is 2. The van der Waals surface area contributed by atoms with Crippen LogP contribution in [0.4, 0.5) is 0 Å². The van der Waals surface area contributed by atoms with E-state index in [4.69, 9.17) is 0 Å². The van der Waals surface area contributed by atoms with E-state index >= 15 is 0 Å². The Balaban J connectivity index is 2.06. The largest absolute Gasteiger partial charge is 0.396 e. The maximum atomic E-state index is 12.2. The fourth-order valence-corrected chi connectivity index (χ4v) is 2.34. The minimum absolute atomic E-state index is 0.0612. The van der Waals surface area contributed by atoms with Gasteiger partial charge in [0.15, 0.2) is 0 Å². The summed E-state index contributed by atoms with van der Waals surface area (Å²) < 4.78 is 0. The number of amides is 2. The fourth-order valence-electron chi connectivity index (χ4n) is 2.34. The molecule has 0 spiro atoms. The van der Waals surface area contributed by atoms with Crippen LogP contribution in [0.15, 0.2) is 6.07 Å². The summed E-state index contributed by atoms with van der Waals surface area (Å²) >= 11 is 0. The summed E-state index contributed by atoms with van der Waals surface area (Å²) in [6.07, 6.45) is 0. The van der Waals surface area contributed by atoms with Crippen molar-refractivity contribution in [2.24, 2.45) is 5.92 Å². The van der Waals surface area contributed by atoms with E-state index in [1.807, 2.05) is 6.92 Å². The second-order valence-corrected chi connectivity index (χ2v) is 4.90. The number of carbonyl (C=O) groups excluding carboxylic acids is 2. The van der Waals surface area contributed by atoms with Crippen molar-refractivity contribution < 1.29 is 14.7 Å². The van der Waals surface area contributed by atoms with E-state index in [-0.39, 0.29) is 30.4 Å². The highest BCUT2D eigenvalue weighted by Crippen LogP contribution is 2.18. The normalized spacial score (nSPS) is 22.6. The van der Waals surface area contributed by atoms with Crippen molar-refractivity contribution in [2.75, 3.05) is 19.7 Å². The van der Waals surface area contributed by atoms with Crippen molar-refractivity contribution in [3.63, 3.8) is 0 Å². The number of aromatic amines is 1. The van der Waals surface area contributed by atoms with Gasteiger partial charge in [-0.05, 0) is 13.0 Å². The molecule has 19 heavy (non-hydrogen) atoms. The van der Waals surface area contributed by atoms with Crippen molar-refractivity contribution in [3.8, 4) is 0 Å². The van der Waals surface area contributed by atoms with E-state index in [1.54, 1.807) is 11.0 Å². The zero-order valence-electron chi connectivity index (χ0n) is 11.0. The van der Waals surface area contributed by atoms with Crippen molar-refractivity contribution in [1.29, 1.82) is 0 Å². The zero-order chi connectivity index (χ0) is 14.0. The number of hydrogen-bond donors (Lipinski definition) is 3. The number of aromatic nitrogens is 2. The third-order valence-corrected chi connectivity index (χ3v) is 3.28. The van der Waals surface area contributed by atoms with Gasteiger partial charge in [0.1, 0.15) is 5.69 Å². The first-order valence-electron chi connectivity index (χ1n) is 6.20. The lowest BCUT2D eigenvalue weighted by Gasteiger charge is -2.16. The molecule has 3 N–H and O–H groups in total. The number of aryl methyl sites for hydroxylation is 1. The molecule has 0 unspecified atom stereocenters. The standard InChI is InChI=1S/C12H18N4O3/c1-7-3-10(15-14-7)12(19)16-4-9(6-17)11(5-16)13-8(2)18/h3,9,11,17H,4-6H2,1-2H3,(H,13,18)(H,14,15)/t9-,11+/m0/s1. The van der Waals surface area contributed by atoms with Gasteiger partial charge in [0.05, 0.1) is 6.04 Å². The van der Waals surface area contributed by atoms with Crippen LogP contribution in [0.1, 0.15) is 23.1 Å². The highest BCUT2D eigenvalue weighted by molar-refractivity contribution is 5.92. The molecule has 0 saturated carbocycles. The molecule has 7 nitrogen and oxygen atoms in total. The summed E-state index contributed by atoms with van der Waals surface area (Å²) in [6.45, 7) is 4.01. The number of nitrogens with one attached hydrogen (secondary N) is 2. The molecule has 1 aliphatic rings. The van der Waals surface area contributed by atoms with Crippen LogP contribution in [-0.2, 0) is 4.79 Å². The molecule has 2 amide bonds. The summed E-state index contributed by atoms with van der Waals surface area (Å²) in [5.74, 6) is -0.475. The first-order chi connectivity index (χ1) is 9.01.